The van der Waals surface area contributed by atoms with Gasteiger partial charge in [-0.25, -0.2) is 19.6 Å². The largest absolute Gasteiger partial charge is 0.369 e. The van der Waals surface area contributed by atoms with Crippen molar-refractivity contribution in [1.29, 1.82) is 0 Å². The molecular weight excluding hydrogens is 552 g/mol. The fourth-order valence-corrected chi connectivity index (χ4v) is 11.6. The molecule has 9 heteroatoms. The van der Waals surface area contributed by atoms with Gasteiger partial charge < -0.3 is 23.7 Å². The van der Waals surface area contributed by atoms with Crippen LogP contribution in [0.3, 0.4) is 0 Å². The molecule has 0 unspecified atom stereocenters. The summed E-state index contributed by atoms with van der Waals surface area (Å²) in [5.74, 6) is 1.64. The van der Waals surface area contributed by atoms with Crippen LogP contribution in [0.2, 0.25) is 0 Å². The second-order valence-electron chi connectivity index (χ2n) is 16.8. The summed E-state index contributed by atoms with van der Waals surface area (Å²) in [5, 5.41) is 0. The second-order valence-corrected chi connectivity index (χ2v) is 16.8. The van der Waals surface area contributed by atoms with Crippen molar-refractivity contribution in [2.24, 2.45) is 47.3 Å². The van der Waals surface area contributed by atoms with Crippen molar-refractivity contribution in [3.05, 3.63) is 0 Å². The summed E-state index contributed by atoms with van der Waals surface area (Å²) in [7, 11) is 0. The Morgan fingerprint density at radius 3 is 1.42 bits per heavy atom. The Labute approximate surface area is 256 Å². The van der Waals surface area contributed by atoms with Gasteiger partial charge in [0.25, 0.3) is 0 Å². The Morgan fingerprint density at radius 1 is 0.558 bits per heavy atom. The molecule has 9 aliphatic heterocycles. The van der Waals surface area contributed by atoms with Gasteiger partial charge in [-0.1, -0.05) is 27.7 Å². The van der Waals surface area contributed by atoms with E-state index in [1.54, 1.807) is 0 Å². The number of epoxide rings is 1. The van der Waals surface area contributed by atoms with Crippen LogP contribution in [0.25, 0.3) is 0 Å². The highest BCUT2D eigenvalue weighted by Crippen LogP contribution is 2.63. The lowest BCUT2D eigenvalue weighted by molar-refractivity contribution is -0.571. The van der Waals surface area contributed by atoms with Crippen molar-refractivity contribution in [3.63, 3.8) is 0 Å². The minimum Gasteiger partial charge on any atom is -0.369 e. The van der Waals surface area contributed by atoms with Gasteiger partial charge >= 0.3 is 0 Å². The molecule has 11 aliphatic rings. The zero-order valence-electron chi connectivity index (χ0n) is 26.9. The molecule has 9 saturated heterocycles. The monoisotopic (exact) mass is 604 g/mol. The summed E-state index contributed by atoms with van der Waals surface area (Å²) < 4.78 is 33.6. The summed E-state index contributed by atoms with van der Waals surface area (Å²) in [6, 6.07) is 0. The summed E-state index contributed by atoms with van der Waals surface area (Å²) in [6.45, 7) is 14.2. The van der Waals surface area contributed by atoms with E-state index in [0.717, 1.165) is 58.0 Å². The number of ether oxygens (including phenoxy) is 5. The van der Waals surface area contributed by atoms with Crippen LogP contribution in [0.5, 0.6) is 0 Å². The van der Waals surface area contributed by atoms with Crippen LogP contribution in [0.4, 0.5) is 0 Å². The second kappa shape index (κ2) is 9.38. The molecule has 43 heavy (non-hydrogen) atoms. The number of hydrogen-bond donors (Lipinski definition) is 0. The lowest BCUT2D eigenvalue weighted by Crippen LogP contribution is -2.71. The van der Waals surface area contributed by atoms with Crippen LogP contribution in [0.15, 0.2) is 0 Å². The van der Waals surface area contributed by atoms with E-state index < -0.39 is 35.4 Å². The Morgan fingerprint density at radius 2 is 1.00 bits per heavy atom. The highest BCUT2D eigenvalue weighted by atomic mass is 17.3. The predicted octanol–water partition coefficient (Wildman–Crippen LogP) is 6.04. The zero-order chi connectivity index (χ0) is 29.6. The highest BCUT2D eigenvalue weighted by Gasteiger charge is 2.72. The molecule has 9 heterocycles. The SMILES string of the molecule is C[C@H]1[C@@H](CC2(C[C@H]3O[C@@H]4O[C@@]5(C)CC[C@H]6[C@H](C)CC[C@@H]([C@H]3C)[C@@]46OO5)CO2)O[C@@H]2O[C@@]3(C)CC[C@H]4[C@H](C)CC[C@@H]1[C@@]24OO3. The molecule has 2 saturated carbocycles. The lowest BCUT2D eigenvalue weighted by atomic mass is 9.56. The molecule has 16 atom stereocenters. The molecule has 0 aromatic carbocycles. The van der Waals surface area contributed by atoms with Crippen LogP contribution < -0.4 is 0 Å². The molecule has 0 radical (unpaired) electrons. The molecule has 0 aromatic heterocycles. The van der Waals surface area contributed by atoms with E-state index in [9.17, 15) is 0 Å². The maximum Gasteiger partial charge on any atom is 0.201 e. The first-order valence-electron chi connectivity index (χ1n) is 17.5. The predicted molar refractivity (Wildman–Crippen MR) is 152 cm³/mol. The summed E-state index contributed by atoms with van der Waals surface area (Å²) in [4.78, 5) is 24.8. The Kier molecular flexibility index (Phi) is 6.29. The van der Waals surface area contributed by atoms with Gasteiger partial charge in [0.05, 0.1) is 24.4 Å². The Bertz CT molecular complexity index is 1050. The standard InChI is InChI=1S/C34H52O9/c1-18-7-9-24-20(3)26(36-28-33(24)22(18)11-13-30(5,38-28)40-42-33)15-32(17-35-32)16-27-21(4)25-10-8-19(2)23-12-14-31(6)39-29(37-27)34(23,25)43-41-31/h18-29H,7-17H2,1-6H3/t18-,19-,20-,21-,22+,23+,24+,25+,26-,27-,28-,29-,30-,31-,33-,34-/m1/s1. The van der Waals surface area contributed by atoms with E-state index in [4.69, 9.17) is 43.2 Å². The molecule has 0 aromatic rings. The molecule has 4 bridgehead atoms. The van der Waals surface area contributed by atoms with Crippen molar-refractivity contribution in [3.8, 4) is 0 Å². The molecule has 2 spiro atoms. The van der Waals surface area contributed by atoms with Gasteiger partial charge in [-0.15, -0.1) is 0 Å². The normalized spacial score (nSPS) is 63.5. The lowest BCUT2D eigenvalue weighted by Gasteiger charge is -2.61. The van der Waals surface area contributed by atoms with Gasteiger partial charge in [0.1, 0.15) is 0 Å². The first-order valence-corrected chi connectivity index (χ1v) is 17.5. The molecule has 11 rings (SSSR count). The number of hydrogen-bond acceptors (Lipinski definition) is 9. The topological polar surface area (TPSA) is 86.4 Å². The van der Waals surface area contributed by atoms with E-state index in [0.29, 0.717) is 47.3 Å². The Balaban J connectivity index is 0.965. The van der Waals surface area contributed by atoms with Gasteiger partial charge in [-0.3, -0.25) is 0 Å². The molecule has 0 amide bonds. The highest BCUT2D eigenvalue weighted by molar-refractivity contribution is 5.13. The van der Waals surface area contributed by atoms with Gasteiger partial charge in [0, 0.05) is 37.5 Å². The third kappa shape index (κ3) is 3.95. The average molecular weight is 605 g/mol. The van der Waals surface area contributed by atoms with Crippen molar-refractivity contribution < 1.29 is 43.2 Å². The fraction of sp³-hybridized carbons (Fsp3) is 1.00. The third-order valence-electron chi connectivity index (χ3n) is 14.3. The maximum absolute atomic E-state index is 6.97. The van der Waals surface area contributed by atoms with Gasteiger partial charge in [0.2, 0.25) is 11.6 Å². The van der Waals surface area contributed by atoms with Gasteiger partial charge in [-0.2, -0.15) is 0 Å². The van der Waals surface area contributed by atoms with Crippen LogP contribution in [-0.2, 0) is 43.2 Å². The van der Waals surface area contributed by atoms with Crippen LogP contribution in [0, 0.1) is 47.3 Å². The van der Waals surface area contributed by atoms with Crippen molar-refractivity contribution in [1.82, 2.24) is 0 Å². The summed E-state index contributed by atoms with van der Waals surface area (Å²) in [6.07, 6.45) is 9.30. The molecule has 0 N–H and O–H groups in total. The first kappa shape index (κ1) is 28.8. The molecular formula is C34H52O9. The van der Waals surface area contributed by atoms with Crippen molar-refractivity contribution in [2.45, 2.75) is 159 Å². The molecule has 242 valence electrons. The number of rotatable bonds is 4. The molecule has 11 fully saturated rings. The van der Waals surface area contributed by atoms with E-state index in [2.05, 4.69) is 27.7 Å². The van der Waals surface area contributed by atoms with E-state index in [1.165, 1.54) is 12.8 Å². The van der Waals surface area contributed by atoms with Crippen LogP contribution in [0.1, 0.15) is 106 Å². The van der Waals surface area contributed by atoms with Crippen molar-refractivity contribution in [2.75, 3.05) is 6.61 Å². The van der Waals surface area contributed by atoms with E-state index >= 15 is 0 Å². The molecule has 2 aliphatic carbocycles. The van der Waals surface area contributed by atoms with Crippen molar-refractivity contribution >= 4 is 0 Å². The smallest absolute Gasteiger partial charge is 0.201 e. The fourth-order valence-electron chi connectivity index (χ4n) is 11.6. The Hall–Kier alpha value is -0.360. The summed E-state index contributed by atoms with van der Waals surface area (Å²) in [5.41, 5.74) is -1.31. The minimum absolute atomic E-state index is 0.0228. The van der Waals surface area contributed by atoms with Crippen LogP contribution >= 0.6 is 0 Å². The van der Waals surface area contributed by atoms with Crippen LogP contribution in [-0.4, -0.2) is 59.8 Å². The third-order valence-corrected chi connectivity index (χ3v) is 14.3. The van der Waals surface area contributed by atoms with E-state index in [-0.39, 0.29) is 17.8 Å². The van der Waals surface area contributed by atoms with Gasteiger partial charge in [0.15, 0.2) is 23.8 Å². The number of fused-ring (bicyclic) bond motifs is 4. The summed E-state index contributed by atoms with van der Waals surface area (Å²) >= 11 is 0. The molecule has 9 nitrogen and oxygen atoms in total. The zero-order valence-corrected chi connectivity index (χ0v) is 26.9. The first-order chi connectivity index (χ1) is 20.5. The minimum atomic E-state index is -0.756. The van der Waals surface area contributed by atoms with Gasteiger partial charge in [-0.05, 0) is 87.9 Å². The average Bonchev–Trinajstić information content (AvgIpc) is 3.79. The van der Waals surface area contributed by atoms with E-state index in [1.807, 2.05) is 13.8 Å². The quantitative estimate of drug-likeness (QED) is 0.282. The maximum atomic E-state index is 6.97.